The maximum absolute atomic E-state index is 13.8. The van der Waals surface area contributed by atoms with Crippen molar-refractivity contribution in [2.75, 3.05) is 0 Å². The number of halogens is 3. The molecule has 1 aromatic carbocycles. The molecule has 2 heterocycles. The lowest BCUT2D eigenvalue weighted by molar-refractivity contribution is -0.119. The van der Waals surface area contributed by atoms with Gasteiger partial charge in [0.25, 0.3) is 15.6 Å². The summed E-state index contributed by atoms with van der Waals surface area (Å²) in [4.78, 5) is 42.9. The number of hydrogen-bond acceptors (Lipinski definition) is 6. The van der Waals surface area contributed by atoms with Crippen molar-refractivity contribution in [3.8, 4) is 0 Å². The number of aryl methyl sites for hydroxylation is 2. The molecular weight excluding hydrogens is 436 g/mol. The second-order valence-electron chi connectivity index (χ2n) is 5.90. The molecule has 0 aliphatic rings. The van der Waals surface area contributed by atoms with Crippen molar-refractivity contribution < 1.29 is 22.0 Å². The van der Waals surface area contributed by atoms with Gasteiger partial charge in [-0.25, -0.2) is 31.7 Å². The minimum Gasteiger partial charge on any atom is -0.336 e. The fourth-order valence-corrected chi connectivity index (χ4v) is 4.12. The van der Waals surface area contributed by atoms with Crippen LogP contribution in [0.3, 0.4) is 0 Å². The van der Waals surface area contributed by atoms with E-state index in [1.54, 1.807) is 4.72 Å². The summed E-state index contributed by atoms with van der Waals surface area (Å²) in [5, 5.41) is -0.596. The van der Waals surface area contributed by atoms with Crippen molar-refractivity contribution in [3.05, 3.63) is 55.5 Å². The molecule has 0 saturated carbocycles. The number of nitrogens with one attached hydrogen (secondary N) is 3. The first-order valence-corrected chi connectivity index (χ1v) is 9.74. The maximum atomic E-state index is 13.8. The fourth-order valence-electron chi connectivity index (χ4n) is 2.51. The number of hydrogen-bond donors (Lipinski definition) is 3. The second-order valence-corrected chi connectivity index (χ2v) is 7.93. The molecule has 3 N–H and O–H groups in total. The van der Waals surface area contributed by atoms with Gasteiger partial charge in [0.05, 0.1) is 5.02 Å². The number of amides is 1. The van der Waals surface area contributed by atoms with Crippen LogP contribution in [0.1, 0.15) is 12.2 Å². The Bertz CT molecular complexity index is 1360. The number of rotatable bonds is 5. The van der Waals surface area contributed by atoms with Gasteiger partial charge in [0.1, 0.15) is 16.2 Å². The molecular formula is C15H12ClF2N5O5S. The molecule has 0 radical (unpaired) electrons. The SMILES string of the molecule is Cn1c(=O)[nH]c(=O)c2[nH]c(CCC(=O)NS(=O)(=O)c3c(Cl)ccc(F)c3F)nc21. The van der Waals surface area contributed by atoms with E-state index in [0.29, 0.717) is 6.07 Å². The van der Waals surface area contributed by atoms with Crippen molar-refractivity contribution >= 4 is 38.7 Å². The largest absolute Gasteiger partial charge is 0.336 e. The average molecular weight is 448 g/mol. The minimum atomic E-state index is -4.77. The maximum Gasteiger partial charge on any atom is 0.329 e. The van der Waals surface area contributed by atoms with Gasteiger partial charge in [-0.3, -0.25) is 19.1 Å². The Labute approximate surface area is 165 Å². The molecule has 2 aromatic heterocycles. The molecule has 3 aromatic rings. The predicted octanol–water partition coefficient (Wildman–Crippen LogP) is 0.319. The van der Waals surface area contributed by atoms with E-state index in [0.717, 1.165) is 10.6 Å². The molecule has 0 saturated heterocycles. The lowest BCUT2D eigenvalue weighted by Gasteiger charge is -2.09. The van der Waals surface area contributed by atoms with Crippen LogP contribution in [0, 0.1) is 11.6 Å². The van der Waals surface area contributed by atoms with Gasteiger partial charge in [0, 0.05) is 19.9 Å². The number of aromatic nitrogens is 4. The van der Waals surface area contributed by atoms with Crippen LogP contribution in [0.5, 0.6) is 0 Å². The smallest absolute Gasteiger partial charge is 0.329 e. The zero-order valence-electron chi connectivity index (χ0n) is 14.5. The van der Waals surface area contributed by atoms with E-state index in [-0.39, 0.29) is 23.4 Å². The van der Waals surface area contributed by atoms with Gasteiger partial charge in [-0.15, -0.1) is 0 Å². The van der Waals surface area contributed by atoms with Crippen molar-refractivity contribution in [2.45, 2.75) is 17.7 Å². The Morgan fingerprint density at radius 1 is 1.28 bits per heavy atom. The van der Waals surface area contributed by atoms with Crippen LogP contribution < -0.4 is 16.0 Å². The number of aromatic amines is 2. The van der Waals surface area contributed by atoms with Crippen molar-refractivity contribution in [1.29, 1.82) is 0 Å². The highest BCUT2D eigenvalue weighted by Gasteiger charge is 2.27. The molecule has 0 atom stereocenters. The van der Waals surface area contributed by atoms with E-state index in [2.05, 4.69) is 15.0 Å². The summed E-state index contributed by atoms with van der Waals surface area (Å²) in [5.74, 6) is -4.07. The van der Waals surface area contributed by atoms with Crippen LogP contribution in [0.4, 0.5) is 8.78 Å². The lowest BCUT2D eigenvalue weighted by Crippen LogP contribution is -2.31. The van der Waals surface area contributed by atoms with Crippen LogP contribution >= 0.6 is 11.6 Å². The third kappa shape index (κ3) is 3.91. The van der Waals surface area contributed by atoms with Crippen LogP contribution in [-0.2, 0) is 28.3 Å². The molecule has 14 heteroatoms. The van der Waals surface area contributed by atoms with Crippen LogP contribution in [0.15, 0.2) is 26.6 Å². The molecule has 0 fully saturated rings. The van der Waals surface area contributed by atoms with E-state index >= 15 is 0 Å². The standard InChI is InChI=1S/C15H12ClF2N5O5S/c1-23-13-11(14(25)21-15(23)26)19-8(20-13)4-5-9(24)22-29(27,28)12-6(16)2-3-7(17)10(12)18/h2-3H,4-5H2,1H3,(H,19,20)(H,22,24)(H,21,25,26). The summed E-state index contributed by atoms with van der Waals surface area (Å²) in [6.45, 7) is 0. The van der Waals surface area contributed by atoms with E-state index < -0.39 is 55.2 Å². The molecule has 3 rings (SSSR count). The topological polar surface area (TPSA) is 147 Å². The molecule has 10 nitrogen and oxygen atoms in total. The predicted molar refractivity (Wildman–Crippen MR) is 97.0 cm³/mol. The number of nitrogens with zero attached hydrogens (tertiary/aromatic N) is 2. The molecule has 154 valence electrons. The number of fused-ring (bicyclic) bond motifs is 1. The van der Waals surface area contributed by atoms with Gasteiger partial charge in [-0.05, 0) is 12.1 Å². The molecule has 0 bridgehead atoms. The fraction of sp³-hybridized carbons (Fsp3) is 0.200. The quantitative estimate of drug-likeness (QED) is 0.480. The van der Waals surface area contributed by atoms with Gasteiger partial charge in [-0.2, -0.15) is 0 Å². The van der Waals surface area contributed by atoms with E-state index in [1.807, 2.05) is 0 Å². The number of sulfonamides is 1. The molecule has 29 heavy (non-hydrogen) atoms. The normalized spacial score (nSPS) is 11.7. The number of carbonyl (C=O) groups excluding carboxylic acids is 1. The summed E-state index contributed by atoms with van der Waals surface area (Å²) in [5.41, 5.74) is -1.33. The van der Waals surface area contributed by atoms with E-state index in [4.69, 9.17) is 11.6 Å². The lowest BCUT2D eigenvalue weighted by atomic mass is 10.3. The summed E-state index contributed by atoms with van der Waals surface area (Å²) < 4.78 is 54.2. The van der Waals surface area contributed by atoms with Crippen LogP contribution in [0.2, 0.25) is 5.02 Å². The third-order valence-corrected chi connectivity index (χ3v) is 5.77. The van der Waals surface area contributed by atoms with Crippen LogP contribution in [0.25, 0.3) is 11.2 Å². The minimum absolute atomic E-state index is 0.00347. The van der Waals surface area contributed by atoms with E-state index in [1.165, 1.54) is 7.05 Å². The van der Waals surface area contributed by atoms with Crippen molar-refractivity contribution in [2.24, 2.45) is 7.05 Å². The molecule has 0 aliphatic heterocycles. The average Bonchev–Trinajstić information content (AvgIpc) is 3.06. The second kappa shape index (κ2) is 7.40. The number of carbonyl (C=O) groups is 1. The van der Waals surface area contributed by atoms with Gasteiger partial charge in [-0.1, -0.05) is 11.6 Å². The Morgan fingerprint density at radius 3 is 2.66 bits per heavy atom. The van der Waals surface area contributed by atoms with Crippen molar-refractivity contribution in [1.82, 2.24) is 24.2 Å². The number of imidazole rings is 1. The first-order chi connectivity index (χ1) is 13.5. The first kappa shape index (κ1) is 20.7. The molecule has 0 aliphatic carbocycles. The van der Waals surface area contributed by atoms with Gasteiger partial charge in [0.2, 0.25) is 5.91 Å². The highest BCUT2D eigenvalue weighted by atomic mass is 35.5. The highest BCUT2D eigenvalue weighted by molar-refractivity contribution is 7.90. The Kier molecular flexibility index (Phi) is 5.28. The third-order valence-electron chi connectivity index (χ3n) is 3.91. The van der Waals surface area contributed by atoms with Gasteiger partial charge < -0.3 is 4.98 Å². The van der Waals surface area contributed by atoms with E-state index in [9.17, 15) is 31.6 Å². The Balaban J connectivity index is 1.79. The Morgan fingerprint density at radius 2 is 1.97 bits per heavy atom. The number of benzene rings is 1. The molecule has 0 spiro atoms. The molecule has 0 unspecified atom stereocenters. The number of H-pyrrole nitrogens is 2. The van der Waals surface area contributed by atoms with Crippen LogP contribution in [-0.4, -0.2) is 33.8 Å². The summed E-state index contributed by atoms with van der Waals surface area (Å²) in [6, 6.07) is 1.49. The van der Waals surface area contributed by atoms with Gasteiger partial charge in [0.15, 0.2) is 17.3 Å². The zero-order chi connectivity index (χ0) is 21.5. The highest BCUT2D eigenvalue weighted by Crippen LogP contribution is 2.26. The molecule has 1 amide bonds. The monoisotopic (exact) mass is 447 g/mol. The first-order valence-electron chi connectivity index (χ1n) is 7.88. The summed E-state index contributed by atoms with van der Waals surface area (Å²) in [7, 11) is -3.39. The van der Waals surface area contributed by atoms with Gasteiger partial charge >= 0.3 is 5.69 Å². The zero-order valence-corrected chi connectivity index (χ0v) is 16.1. The Hall–Kier alpha value is -3.06. The summed E-state index contributed by atoms with van der Waals surface area (Å²) in [6.07, 6.45) is -0.567. The summed E-state index contributed by atoms with van der Waals surface area (Å²) >= 11 is 5.62. The van der Waals surface area contributed by atoms with Crippen molar-refractivity contribution in [3.63, 3.8) is 0 Å².